The second kappa shape index (κ2) is 10.0. The van der Waals surface area contributed by atoms with Crippen LogP contribution in [0.5, 0.6) is 0 Å². The molecule has 0 aliphatic carbocycles. The van der Waals surface area contributed by atoms with E-state index in [9.17, 15) is 22.4 Å². The van der Waals surface area contributed by atoms with Crippen molar-refractivity contribution in [2.45, 2.75) is 23.8 Å². The Kier molecular flexibility index (Phi) is 7.06. The van der Waals surface area contributed by atoms with Gasteiger partial charge in [-0.25, -0.2) is 22.7 Å². The molecule has 182 valence electrons. The monoisotopic (exact) mass is 516 g/mol. The number of anilines is 2. The molecule has 4 rings (SSSR count). The Balaban J connectivity index is 1.49. The molecule has 1 aliphatic heterocycles. The zero-order chi connectivity index (χ0) is 25.2. The van der Waals surface area contributed by atoms with E-state index in [1.807, 2.05) is 0 Å². The number of halogens is 2. The van der Waals surface area contributed by atoms with Gasteiger partial charge in [0.05, 0.1) is 4.90 Å². The molecule has 1 heterocycles. The van der Waals surface area contributed by atoms with Crippen molar-refractivity contribution in [2.75, 3.05) is 17.2 Å². The van der Waals surface area contributed by atoms with E-state index in [2.05, 4.69) is 10.6 Å². The minimum atomic E-state index is -4.06. The maximum absolute atomic E-state index is 14.9. The lowest BCUT2D eigenvalue weighted by molar-refractivity contribution is -0.119. The number of hydrogen-bond acceptors (Lipinski definition) is 4. The first-order valence-electron chi connectivity index (χ1n) is 10.7. The first kappa shape index (κ1) is 24.6. The molecule has 4 N–H and O–H groups in total. The summed E-state index contributed by atoms with van der Waals surface area (Å²) in [7, 11) is -4.06. The van der Waals surface area contributed by atoms with Crippen LogP contribution in [-0.4, -0.2) is 37.8 Å². The summed E-state index contributed by atoms with van der Waals surface area (Å²) >= 11 is 5.87. The Hall–Kier alpha value is -3.47. The molecule has 3 aromatic carbocycles. The largest absolute Gasteiger partial charge is 0.324 e. The number of carbonyl (C=O) groups excluding carboxylic acids is 2. The second-order valence-electron chi connectivity index (χ2n) is 8.01. The molecule has 0 bridgehead atoms. The van der Waals surface area contributed by atoms with Gasteiger partial charge in [0.2, 0.25) is 15.9 Å². The first-order chi connectivity index (χ1) is 16.6. The first-order valence-corrected chi connectivity index (χ1v) is 12.6. The van der Waals surface area contributed by atoms with Crippen molar-refractivity contribution in [1.29, 1.82) is 0 Å². The van der Waals surface area contributed by atoms with E-state index in [0.717, 1.165) is 6.07 Å². The van der Waals surface area contributed by atoms with Gasteiger partial charge in [-0.3, -0.25) is 4.79 Å². The maximum atomic E-state index is 14.9. The molecule has 0 radical (unpaired) electrons. The Morgan fingerprint density at radius 1 is 0.971 bits per heavy atom. The third-order valence-electron chi connectivity index (χ3n) is 5.63. The van der Waals surface area contributed by atoms with E-state index in [0.29, 0.717) is 30.1 Å². The molecule has 0 saturated carbocycles. The molecule has 35 heavy (non-hydrogen) atoms. The van der Waals surface area contributed by atoms with Crippen LogP contribution in [0.25, 0.3) is 11.1 Å². The van der Waals surface area contributed by atoms with Crippen LogP contribution in [-0.2, 0) is 14.8 Å². The van der Waals surface area contributed by atoms with Crippen molar-refractivity contribution in [3.63, 3.8) is 0 Å². The zero-order valence-corrected chi connectivity index (χ0v) is 19.9. The molecule has 3 aromatic rings. The van der Waals surface area contributed by atoms with Crippen LogP contribution in [0.2, 0.25) is 5.02 Å². The minimum absolute atomic E-state index is 0.0254. The fraction of sp³-hybridized carbons (Fsp3) is 0.167. The van der Waals surface area contributed by atoms with Crippen molar-refractivity contribution in [1.82, 2.24) is 4.90 Å². The van der Waals surface area contributed by atoms with E-state index in [1.165, 1.54) is 35.2 Å². The van der Waals surface area contributed by atoms with E-state index >= 15 is 0 Å². The molecule has 0 aromatic heterocycles. The van der Waals surface area contributed by atoms with Gasteiger partial charge >= 0.3 is 6.03 Å². The van der Waals surface area contributed by atoms with Gasteiger partial charge < -0.3 is 15.5 Å². The topological polar surface area (TPSA) is 122 Å². The normalized spacial score (nSPS) is 15.6. The lowest BCUT2D eigenvalue weighted by Gasteiger charge is -2.24. The van der Waals surface area contributed by atoms with Gasteiger partial charge in [0.15, 0.2) is 0 Å². The smallest absolute Gasteiger partial charge is 0.322 e. The number of sulfonamides is 1. The number of primary sulfonamides is 1. The summed E-state index contributed by atoms with van der Waals surface area (Å²) < 4.78 is 38.7. The van der Waals surface area contributed by atoms with Crippen LogP contribution in [0.15, 0.2) is 71.6 Å². The summed E-state index contributed by atoms with van der Waals surface area (Å²) in [6.07, 6.45) is 1.10. The zero-order valence-electron chi connectivity index (χ0n) is 18.4. The van der Waals surface area contributed by atoms with Crippen molar-refractivity contribution in [3.8, 4) is 11.1 Å². The molecule has 1 aliphatic rings. The quantitative estimate of drug-likeness (QED) is 0.464. The van der Waals surface area contributed by atoms with Crippen LogP contribution in [0.1, 0.15) is 12.8 Å². The molecule has 0 spiro atoms. The van der Waals surface area contributed by atoms with Crippen LogP contribution in [0, 0.1) is 5.82 Å². The SMILES string of the molecule is NS(=O)(=O)c1ccccc1-c1ccc(NC(=O)C2CCCN2C(=O)Nc2ccc(Cl)cc2)cc1F. The van der Waals surface area contributed by atoms with Crippen molar-refractivity contribution in [2.24, 2.45) is 5.14 Å². The Morgan fingerprint density at radius 3 is 2.34 bits per heavy atom. The molecule has 3 amide bonds. The molecule has 1 saturated heterocycles. The van der Waals surface area contributed by atoms with Gasteiger partial charge in [0.1, 0.15) is 11.9 Å². The third-order valence-corrected chi connectivity index (χ3v) is 6.85. The summed E-state index contributed by atoms with van der Waals surface area (Å²) in [5.41, 5.74) is 0.862. The van der Waals surface area contributed by atoms with Gasteiger partial charge in [-0.2, -0.15) is 0 Å². The lowest BCUT2D eigenvalue weighted by Crippen LogP contribution is -2.45. The van der Waals surface area contributed by atoms with E-state index < -0.39 is 33.8 Å². The van der Waals surface area contributed by atoms with Crippen LogP contribution >= 0.6 is 11.6 Å². The number of carbonyl (C=O) groups is 2. The highest BCUT2D eigenvalue weighted by Crippen LogP contribution is 2.30. The number of hydrogen-bond donors (Lipinski definition) is 3. The number of benzene rings is 3. The maximum Gasteiger partial charge on any atom is 0.322 e. The predicted octanol–water partition coefficient (Wildman–Crippen LogP) is 4.43. The summed E-state index contributed by atoms with van der Waals surface area (Å²) in [5.74, 6) is -1.19. The number of likely N-dealkylation sites (tertiary alicyclic amines) is 1. The van der Waals surface area contributed by atoms with Gasteiger partial charge in [-0.15, -0.1) is 0 Å². The summed E-state index contributed by atoms with van der Waals surface area (Å²) in [6, 6.07) is 15.2. The van der Waals surface area contributed by atoms with Crippen molar-refractivity contribution >= 4 is 44.9 Å². The van der Waals surface area contributed by atoms with E-state index in [4.69, 9.17) is 16.7 Å². The highest BCUT2D eigenvalue weighted by molar-refractivity contribution is 7.89. The fourth-order valence-electron chi connectivity index (χ4n) is 3.98. The molecular formula is C24H22ClFN4O4S. The molecule has 11 heteroatoms. The average molecular weight is 517 g/mol. The highest BCUT2D eigenvalue weighted by Gasteiger charge is 2.34. The minimum Gasteiger partial charge on any atom is -0.324 e. The van der Waals surface area contributed by atoms with Crippen LogP contribution < -0.4 is 15.8 Å². The summed E-state index contributed by atoms with van der Waals surface area (Å²) in [4.78, 5) is 26.9. The molecular weight excluding hydrogens is 495 g/mol. The second-order valence-corrected chi connectivity index (χ2v) is 9.98. The van der Waals surface area contributed by atoms with Gasteiger partial charge in [0.25, 0.3) is 0 Å². The molecule has 1 fully saturated rings. The number of nitrogens with zero attached hydrogens (tertiary/aromatic N) is 1. The molecule has 1 atom stereocenters. The van der Waals surface area contributed by atoms with Crippen molar-refractivity contribution < 1.29 is 22.4 Å². The molecule has 8 nitrogen and oxygen atoms in total. The summed E-state index contributed by atoms with van der Waals surface area (Å²) in [5, 5.41) is 11.2. The highest BCUT2D eigenvalue weighted by atomic mass is 35.5. The fourth-order valence-corrected chi connectivity index (χ4v) is 4.86. The number of nitrogens with one attached hydrogen (secondary N) is 2. The van der Waals surface area contributed by atoms with Gasteiger partial charge in [-0.05, 0) is 61.4 Å². The van der Waals surface area contributed by atoms with E-state index in [-0.39, 0.29) is 21.7 Å². The number of urea groups is 1. The number of amides is 3. The van der Waals surface area contributed by atoms with Crippen molar-refractivity contribution in [3.05, 3.63) is 77.6 Å². The average Bonchev–Trinajstić information content (AvgIpc) is 3.31. The van der Waals surface area contributed by atoms with E-state index in [1.54, 1.807) is 30.3 Å². The Morgan fingerprint density at radius 2 is 1.66 bits per heavy atom. The Bertz CT molecular complexity index is 1380. The number of nitrogens with two attached hydrogens (primary N) is 1. The standard InChI is InChI=1S/C24H22ClFN4O4S/c25-15-7-9-16(10-8-15)29-24(32)30-13-3-5-21(30)23(31)28-17-11-12-18(20(26)14-17)19-4-1-2-6-22(19)35(27,33)34/h1-2,4,6-12,14,21H,3,5,13H2,(H,28,31)(H,29,32)(H2,27,33,34). The predicted molar refractivity (Wildman–Crippen MR) is 132 cm³/mol. The Labute approximate surface area is 206 Å². The third kappa shape index (κ3) is 5.61. The summed E-state index contributed by atoms with van der Waals surface area (Å²) in [6.45, 7) is 0.398. The van der Waals surface area contributed by atoms with Crippen LogP contribution in [0.3, 0.4) is 0 Å². The van der Waals surface area contributed by atoms with Crippen LogP contribution in [0.4, 0.5) is 20.6 Å². The van der Waals surface area contributed by atoms with Gasteiger partial charge in [-0.1, -0.05) is 29.8 Å². The van der Waals surface area contributed by atoms with Gasteiger partial charge in [0, 0.05) is 34.1 Å². The molecule has 1 unspecified atom stereocenters. The lowest BCUT2D eigenvalue weighted by atomic mass is 10.0. The number of rotatable bonds is 5.